The second-order valence-electron chi connectivity index (χ2n) is 5.12. The van der Waals surface area contributed by atoms with Crippen LogP contribution in [0.1, 0.15) is 30.2 Å². The number of nitrogen functional groups attached to an aromatic ring is 1. The Hall–Kier alpha value is -1.77. The molecule has 1 aromatic carbocycles. The van der Waals surface area contributed by atoms with Crippen LogP contribution in [0.5, 0.6) is 0 Å². The smallest absolute Gasteiger partial charge is 0.147 e. The van der Waals surface area contributed by atoms with Gasteiger partial charge in [-0.2, -0.15) is 0 Å². The van der Waals surface area contributed by atoms with Crippen molar-refractivity contribution in [2.24, 2.45) is 0 Å². The third kappa shape index (κ3) is 1.62. The van der Waals surface area contributed by atoms with Gasteiger partial charge in [-0.15, -0.1) is 0 Å². The fourth-order valence-electron chi connectivity index (χ4n) is 2.80. The van der Waals surface area contributed by atoms with E-state index in [9.17, 15) is 0 Å². The van der Waals surface area contributed by atoms with Crippen LogP contribution in [-0.2, 0) is 18.3 Å². The molecule has 0 fully saturated rings. The molecular formula is C14H16N2O. The third-order valence-corrected chi connectivity index (χ3v) is 3.81. The minimum atomic E-state index is 0.00539. The summed E-state index contributed by atoms with van der Waals surface area (Å²) in [5.74, 6) is 0. The van der Waals surface area contributed by atoms with Gasteiger partial charge in [0.25, 0.3) is 0 Å². The van der Waals surface area contributed by atoms with Crippen molar-refractivity contribution in [3.63, 3.8) is 0 Å². The highest BCUT2D eigenvalue weighted by molar-refractivity contribution is 5.46. The summed E-state index contributed by atoms with van der Waals surface area (Å²) in [6.45, 7) is 2.22. The molecule has 0 saturated heterocycles. The number of fused-ring (bicyclic) bond motifs is 1. The summed E-state index contributed by atoms with van der Waals surface area (Å²) in [6, 6.07) is 8.60. The summed E-state index contributed by atoms with van der Waals surface area (Å²) in [5.41, 5.74) is 10.4. The molecule has 0 spiro atoms. The summed E-state index contributed by atoms with van der Waals surface area (Å²) < 4.78 is 4.98. The molecule has 3 heteroatoms. The molecule has 17 heavy (non-hydrogen) atoms. The first-order valence-electron chi connectivity index (χ1n) is 5.96. The molecule has 1 unspecified atom stereocenters. The van der Waals surface area contributed by atoms with Gasteiger partial charge >= 0.3 is 0 Å². The predicted octanol–water partition coefficient (Wildman–Crippen LogP) is 2.70. The molecule has 0 aliphatic heterocycles. The molecule has 1 aliphatic carbocycles. The van der Waals surface area contributed by atoms with E-state index in [0.717, 1.165) is 25.0 Å². The lowest BCUT2D eigenvalue weighted by Crippen LogP contribution is -2.31. The molecule has 3 rings (SSSR count). The highest BCUT2D eigenvalue weighted by Crippen LogP contribution is 2.39. The van der Waals surface area contributed by atoms with E-state index < -0.39 is 0 Å². The molecule has 2 aromatic rings. The van der Waals surface area contributed by atoms with Crippen LogP contribution in [0.4, 0.5) is 5.69 Å². The Morgan fingerprint density at radius 1 is 1.29 bits per heavy atom. The van der Waals surface area contributed by atoms with Crippen molar-refractivity contribution in [3.8, 4) is 0 Å². The van der Waals surface area contributed by atoms with Crippen LogP contribution in [0, 0.1) is 0 Å². The summed E-state index contributed by atoms with van der Waals surface area (Å²) >= 11 is 0. The average Bonchev–Trinajstić information content (AvgIpc) is 2.76. The summed E-state index contributed by atoms with van der Waals surface area (Å²) in [5, 5.41) is 4.08. The van der Waals surface area contributed by atoms with E-state index in [1.807, 2.05) is 0 Å². The van der Waals surface area contributed by atoms with Gasteiger partial charge in [0.05, 0.1) is 5.69 Å². The van der Waals surface area contributed by atoms with Crippen LogP contribution >= 0.6 is 0 Å². The monoisotopic (exact) mass is 228 g/mol. The van der Waals surface area contributed by atoms with Crippen molar-refractivity contribution in [3.05, 3.63) is 47.3 Å². The van der Waals surface area contributed by atoms with Gasteiger partial charge in [-0.3, -0.25) is 0 Å². The molecule has 0 bridgehead atoms. The zero-order valence-corrected chi connectivity index (χ0v) is 9.94. The van der Waals surface area contributed by atoms with Gasteiger partial charge in [-0.05, 0) is 30.4 Å². The molecule has 1 heterocycles. The minimum absolute atomic E-state index is 0.00539. The van der Waals surface area contributed by atoms with Crippen molar-refractivity contribution in [1.29, 1.82) is 0 Å². The Kier molecular flexibility index (Phi) is 2.21. The van der Waals surface area contributed by atoms with Crippen molar-refractivity contribution < 1.29 is 4.52 Å². The lowest BCUT2D eigenvalue weighted by molar-refractivity contribution is 0.349. The number of hydrogen-bond acceptors (Lipinski definition) is 3. The predicted molar refractivity (Wildman–Crippen MR) is 66.7 cm³/mol. The minimum Gasteiger partial charge on any atom is -0.395 e. The maximum absolute atomic E-state index is 5.92. The normalized spacial score (nSPS) is 23.4. The largest absolute Gasteiger partial charge is 0.395 e. The zero-order chi connectivity index (χ0) is 11.9. The summed E-state index contributed by atoms with van der Waals surface area (Å²) in [7, 11) is 0. The Morgan fingerprint density at radius 2 is 2.06 bits per heavy atom. The lowest BCUT2D eigenvalue weighted by atomic mass is 9.71. The number of benzene rings is 1. The van der Waals surface area contributed by atoms with E-state index in [1.165, 1.54) is 17.4 Å². The molecule has 2 N–H and O–H groups in total. The van der Waals surface area contributed by atoms with Crippen molar-refractivity contribution in [2.75, 3.05) is 5.73 Å². The maximum atomic E-state index is 5.92. The van der Waals surface area contributed by atoms with Crippen LogP contribution < -0.4 is 5.73 Å². The molecular weight excluding hydrogens is 212 g/mol. The fraction of sp³-hybridized carbons (Fsp3) is 0.357. The highest BCUT2D eigenvalue weighted by Gasteiger charge is 2.35. The molecule has 88 valence electrons. The molecule has 1 aromatic heterocycles. The Labute approximate surface area is 101 Å². The SMILES string of the molecule is CC1(c2nocc2N)CCc2ccccc2C1. The number of aryl methyl sites for hydroxylation is 1. The van der Waals surface area contributed by atoms with Crippen LogP contribution in [-0.4, -0.2) is 5.16 Å². The number of aromatic nitrogens is 1. The van der Waals surface area contributed by atoms with Crippen molar-refractivity contribution in [2.45, 2.75) is 31.6 Å². The molecule has 0 radical (unpaired) electrons. The maximum Gasteiger partial charge on any atom is 0.147 e. The van der Waals surface area contributed by atoms with Crippen molar-refractivity contribution >= 4 is 5.69 Å². The van der Waals surface area contributed by atoms with Gasteiger partial charge in [0, 0.05) is 5.41 Å². The second kappa shape index (κ2) is 3.62. The molecule has 3 nitrogen and oxygen atoms in total. The number of rotatable bonds is 1. The number of anilines is 1. The fourth-order valence-corrected chi connectivity index (χ4v) is 2.80. The quantitative estimate of drug-likeness (QED) is 0.816. The van der Waals surface area contributed by atoms with Gasteiger partial charge in [0.15, 0.2) is 0 Å². The third-order valence-electron chi connectivity index (χ3n) is 3.81. The van der Waals surface area contributed by atoms with E-state index in [2.05, 4.69) is 36.3 Å². The number of nitrogens with two attached hydrogens (primary N) is 1. The summed E-state index contributed by atoms with van der Waals surface area (Å²) in [4.78, 5) is 0. The summed E-state index contributed by atoms with van der Waals surface area (Å²) in [6.07, 6.45) is 4.67. The van der Waals surface area contributed by atoms with Crippen LogP contribution in [0.2, 0.25) is 0 Å². The Morgan fingerprint density at radius 3 is 2.76 bits per heavy atom. The van der Waals surface area contributed by atoms with Crippen LogP contribution in [0.3, 0.4) is 0 Å². The molecule has 1 atom stereocenters. The van der Waals surface area contributed by atoms with E-state index in [4.69, 9.17) is 10.3 Å². The average molecular weight is 228 g/mol. The first-order valence-corrected chi connectivity index (χ1v) is 5.96. The standard InChI is InChI=1S/C14H16N2O/c1-14(13-12(15)9-17-16-13)7-6-10-4-2-3-5-11(10)8-14/h2-5,9H,6-8,15H2,1H3. The van der Waals surface area contributed by atoms with Gasteiger partial charge in [-0.1, -0.05) is 36.3 Å². The topological polar surface area (TPSA) is 52.0 Å². The van der Waals surface area contributed by atoms with Crippen LogP contribution in [0.15, 0.2) is 35.1 Å². The van der Waals surface area contributed by atoms with Crippen LogP contribution in [0.25, 0.3) is 0 Å². The Balaban J connectivity index is 2.01. The Bertz CT molecular complexity index is 547. The van der Waals surface area contributed by atoms with E-state index in [1.54, 1.807) is 0 Å². The van der Waals surface area contributed by atoms with Gasteiger partial charge in [0.1, 0.15) is 12.0 Å². The number of nitrogens with zero attached hydrogens (tertiary/aromatic N) is 1. The second-order valence-corrected chi connectivity index (χ2v) is 5.12. The first kappa shape index (κ1) is 10.4. The molecule has 0 amide bonds. The van der Waals surface area contributed by atoms with Gasteiger partial charge in [-0.25, -0.2) is 0 Å². The van der Waals surface area contributed by atoms with Crippen molar-refractivity contribution in [1.82, 2.24) is 5.16 Å². The van der Waals surface area contributed by atoms with E-state index in [-0.39, 0.29) is 5.41 Å². The zero-order valence-electron chi connectivity index (χ0n) is 9.94. The molecule has 0 saturated carbocycles. The lowest BCUT2D eigenvalue weighted by Gasteiger charge is -2.33. The van der Waals surface area contributed by atoms with Gasteiger partial charge < -0.3 is 10.3 Å². The van der Waals surface area contributed by atoms with E-state index in [0.29, 0.717) is 5.69 Å². The molecule has 1 aliphatic rings. The first-order chi connectivity index (χ1) is 8.19. The van der Waals surface area contributed by atoms with E-state index >= 15 is 0 Å². The van der Waals surface area contributed by atoms with Gasteiger partial charge in [0.2, 0.25) is 0 Å². The highest BCUT2D eigenvalue weighted by atomic mass is 16.5. The number of hydrogen-bond donors (Lipinski definition) is 1.